The van der Waals surface area contributed by atoms with Gasteiger partial charge in [0.1, 0.15) is 18.2 Å². The van der Waals surface area contributed by atoms with E-state index in [-0.39, 0.29) is 24.3 Å². The number of aromatic nitrogens is 2. The second kappa shape index (κ2) is 9.91. The fourth-order valence-electron chi connectivity index (χ4n) is 4.74. The molecule has 1 aromatic rings. The molecule has 2 amide bonds. The third kappa shape index (κ3) is 5.15. The van der Waals surface area contributed by atoms with Gasteiger partial charge in [-0.1, -0.05) is 0 Å². The molecule has 1 N–H and O–H groups in total. The molecule has 2 fully saturated rings. The first kappa shape index (κ1) is 22.0. The van der Waals surface area contributed by atoms with Gasteiger partial charge in [0.2, 0.25) is 11.8 Å². The van der Waals surface area contributed by atoms with Gasteiger partial charge in [-0.2, -0.15) is 0 Å². The molecular weight excluding hydrogens is 396 g/mol. The first-order valence-electron chi connectivity index (χ1n) is 11.4. The van der Waals surface area contributed by atoms with E-state index >= 15 is 0 Å². The molecule has 0 aromatic carbocycles. The number of carbonyl (C=O) groups is 2. The first-order valence-corrected chi connectivity index (χ1v) is 11.4. The summed E-state index contributed by atoms with van der Waals surface area (Å²) in [5, 5.41) is 3.24. The lowest BCUT2D eigenvalue weighted by atomic mass is 9.96. The molecule has 0 saturated carbocycles. The van der Waals surface area contributed by atoms with Crippen molar-refractivity contribution in [3.8, 4) is 0 Å². The summed E-state index contributed by atoms with van der Waals surface area (Å²) in [6.07, 6.45) is 4.41. The molecule has 0 aliphatic carbocycles. The molecule has 3 aliphatic rings. The van der Waals surface area contributed by atoms with Gasteiger partial charge in [0.25, 0.3) is 0 Å². The average Bonchev–Trinajstić information content (AvgIpc) is 3.20. The predicted molar refractivity (Wildman–Crippen MR) is 117 cm³/mol. The van der Waals surface area contributed by atoms with Crippen LogP contribution >= 0.6 is 0 Å². The highest BCUT2D eigenvalue weighted by Crippen LogP contribution is 2.29. The monoisotopic (exact) mass is 430 g/mol. The standard InChI is InChI=1S/C22H34N6O3/c1-23-22-17-14-26(2)10-7-18(17)24-21(25-22)16-5-3-9-28(13-16)20(30)15-31-12-11-27-8-4-6-19(27)29/h16H,3-15H2,1-2H3,(H,23,24,25)/t16-/m1/s1. The summed E-state index contributed by atoms with van der Waals surface area (Å²) in [5.74, 6) is 2.10. The molecule has 1 atom stereocenters. The van der Waals surface area contributed by atoms with E-state index in [2.05, 4.69) is 17.3 Å². The maximum atomic E-state index is 12.7. The third-order valence-electron chi connectivity index (χ3n) is 6.55. The summed E-state index contributed by atoms with van der Waals surface area (Å²) in [6, 6.07) is 0. The average molecular weight is 431 g/mol. The zero-order chi connectivity index (χ0) is 21.8. The maximum absolute atomic E-state index is 12.7. The van der Waals surface area contributed by atoms with Crippen molar-refractivity contribution in [3.05, 3.63) is 17.1 Å². The Kier molecular flexibility index (Phi) is 7.02. The quantitative estimate of drug-likeness (QED) is 0.642. The van der Waals surface area contributed by atoms with E-state index in [1.54, 1.807) is 0 Å². The van der Waals surface area contributed by atoms with Gasteiger partial charge in [0.05, 0.1) is 12.3 Å². The second-order valence-electron chi connectivity index (χ2n) is 8.81. The summed E-state index contributed by atoms with van der Waals surface area (Å²) in [7, 11) is 4.02. The number of nitrogens with one attached hydrogen (secondary N) is 1. The fraction of sp³-hybridized carbons (Fsp3) is 0.727. The van der Waals surface area contributed by atoms with Crippen LogP contribution in [0.15, 0.2) is 0 Å². The van der Waals surface area contributed by atoms with E-state index in [0.717, 1.165) is 69.2 Å². The largest absolute Gasteiger partial charge is 0.373 e. The van der Waals surface area contributed by atoms with Crippen LogP contribution in [-0.4, -0.2) is 96.5 Å². The first-order chi connectivity index (χ1) is 15.0. The molecule has 9 heteroatoms. The Morgan fingerprint density at radius 2 is 2.06 bits per heavy atom. The van der Waals surface area contributed by atoms with E-state index < -0.39 is 0 Å². The van der Waals surface area contributed by atoms with Crippen molar-refractivity contribution in [2.24, 2.45) is 0 Å². The van der Waals surface area contributed by atoms with Crippen LogP contribution in [0.25, 0.3) is 0 Å². The highest BCUT2D eigenvalue weighted by atomic mass is 16.5. The number of nitrogens with zero attached hydrogens (tertiary/aromatic N) is 5. The minimum absolute atomic E-state index is 0.00544. The van der Waals surface area contributed by atoms with Crippen LogP contribution in [0.2, 0.25) is 0 Å². The maximum Gasteiger partial charge on any atom is 0.248 e. The number of anilines is 1. The van der Waals surface area contributed by atoms with E-state index in [9.17, 15) is 9.59 Å². The number of likely N-dealkylation sites (N-methyl/N-ethyl adjacent to an activating group) is 1. The van der Waals surface area contributed by atoms with Crippen molar-refractivity contribution in [1.82, 2.24) is 24.7 Å². The molecule has 0 spiro atoms. The molecule has 4 heterocycles. The normalized spacial score (nSPS) is 22.0. The Morgan fingerprint density at radius 3 is 2.84 bits per heavy atom. The van der Waals surface area contributed by atoms with Crippen molar-refractivity contribution < 1.29 is 14.3 Å². The number of hydrogen-bond donors (Lipinski definition) is 1. The summed E-state index contributed by atoms with van der Waals surface area (Å²) in [4.78, 5) is 40.1. The predicted octanol–water partition coefficient (Wildman–Crippen LogP) is 0.851. The fourth-order valence-corrected chi connectivity index (χ4v) is 4.74. The number of fused-ring (bicyclic) bond motifs is 1. The van der Waals surface area contributed by atoms with Crippen molar-refractivity contribution in [3.63, 3.8) is 0 Å². The van der Waals surface area contributed by atoms with Crippen molar-refractivity contribution in [2.75, 3.05) is 65.3 Å². The van der Waals surface area contributed by atoms with Gasteiger partial charge in [0.15, 0.2) is 0 Å². The molecule has 170 valence electrons. The Balaban J connectivity index is 1.33. The van der Waals surface area contributed by atoms with Crippen LogP contribution in [-0.2, 0) is 27.3 Å². The van der Waals surface area contributed by atoms with Crippen LogP contribution in [0.1, 0.15) is 48.7 Å². The van der Waals surface area contributed by atoms with Crippen molar-refractivity contribution in [1.29, 1.82) is 0 Å². The number of rotatable bonds is 7. The van der Waals surface area contributed by atoms with Crippen LogP contribution in [0, 0.1) is 0 Å². The zero-order valence-corrected chi connectivity index (χ0v) is 18.7. The molecule has 0 radical (unpaired) electrons. The zero-order valence-electron chi connectivity index (χ0n) is 18.7. The lowest BCUT2D eigenvalue weighted by Crippen LogP contribution is -2.42. The van der Waals surface area contributed by atoms with Gasteiger partial charge < -0.3 is 24.8 Å². The highest BCUT2D eigenvalue weighted by molar-refractivity contribution is 5.78. The minimum atomic E-state index is 0.00544. The van der Waals surface area contributed by atoms with Gasteiger partial charge in [-0.25, -0.2) is 9.97 Å². The van der Waals surface area contributed by atoms with E-state index in [0.29, 0.717) is 26.1 Å². The van der Waals surface area contributed by atoms with Gasteiger partial charge in [0, 0.05) is 70.6 Å². The van der Waals surface area contributed by atoms with E-state index in [4.69, 9.17) is 14.7 Å². The number of likely N-dealkylation sites (tertiary alicyclic amines) is 2. The molecular formula is C22H34N6O3. The second-order valence-corrected chi connectivity index (χ2v) is 8.81. The number of carbonyl (C=O) groups excluding carboxylic acids is 2. The molecule has 1 aromatic heterocycles. The van der Waals surface area contributed by atoms with Crippen LogP contribution in [0.3, 0.4) is 0 Å². The molecule has 3 aliphatic heterocycles. The molecule has 4 rings (SSSR count). The lowest BCUT2D eigenvalue weighted by Gasteiger charge is -2.33. The van der Waals surface area contributed by atoms with Gasteiger partial charge in [-0.15, -0.1) is 0 Å². The Hall–Kier alpha value is -2.26. The number of amides is 2. The summed E-state index contributed by atoms with van der Waals surface area (Å²) in [6.45, 7) is 5.09. The number of piperidine rings is 1. The van der Waals surface area contributed by atoms with Crippen molar-refractivity contribution in [2.45, 2.75) is 44.6 Å². The highest BCUT2D eigenvalue weighted by Gasteiger charge is 2.29. The van der Waals surface area contributed by atoms with Gasteiger partial charge >= 0.3 is 0 Å². The molecule has 9 nitrogen and oxygen atoms in total. The van der Waals surface area contributed by atoms with Crippen LogP contribution in [0.4, 0.5) is 5.82 Å². The smallest absolute Gasteiger partial charge is 0.248 e. The molecule has 0 unspecified atom stereocenters. The number of ether oxygens (including phenoxy) is 1. The SMILES string of the molecule is CNc1nc([C@@H]2CCCN(C(=O)COCCN3CCCC3=O)C2)nc2c1CN(C)CC2. The van der Waals surface area contributed by atoms with E-state index in [1.165, 1.54) is 5.56 Å². The molecule has 0 bridgehead atoms. The lowest BCUT2D eigenvalue weighted by molar-refractivity contribution is -0.137. The Bertz CT molecular complexity index is 799. The van der Waals surface area contributed by atoms with Crippen molar-refractivity contribution >= 4 is 17.6 Å². The topological polar surface area (TPSA) is 90.9 Å². The minimum Gasteiger partial charge on any atom is -0.373 e. The molecule has 31 heavy (non-hydrogen) atoms. The Labute approximate surface area is 184 Å². The van der Waals surface area contributed by atoms with Crippen LogP contribution < -0.4 is 5.32 Å². The van der Waals surface area contributed by atoms with Gasteiger partial charge in [-0.05, 0) is 26.3 Å². The summed E-state index contributed by atoms with van der Waals surface area (Å²) in [5.41, 5.74) is 2.32. The Morgan fingerprint density at radius 1 is 1.19 bits per heavy atom. The van der Waals surface area contributed by atoms with E-state index in [1.807, 2.05) is 16.8 Å². The molecule has 2 saturated heterocycles. The summed E-state index contributed by atoms with van der Waals surface area (Å²) >= 11 is 0. The van der Waals surface area contributed by atoms with Crippen LogP contribution in [0.5, 0.6) is 0 Å². The third-order valence-corrected chi connectivity index (χ3v) is 6.55. The van der Waals surface area contributed by atoms with Gasteiger partial charge in [-0.3, -0.25) is 9.59 Å². The summed E-state index contributed by atoms with van der Waals surface area (Å²) < 4.78 is 5.59. The number of hydrogen-bond acceptors (Lipinski definition) is 7.